The van der Waals surface area contributed by atoms with Crippen molar-refractivity contribution in [1.29, 1.82) is 0 Å². The molecule has 0 spiro atoms. The normalized spacial score (nSPS) is 23.1. The molecule has 1 aliphatic rings. The number of nitrogens with one attached hydrogen (secondary N) is 1. The summed E-state index contributed by atoms with van der Waals surface area (Å²) < 4.78 is 17.4. The van der Waals surface area contributed by atoms with Gasteiger partial charge in [0.15, 0.2) is 5.72 Å². The highest BCUT2D eigenvalue weighted by atomic mass is 16.6. The monoisotopic (exact) mass is 291 g/mol. The molecule has 1 aliphatic heterocycles. The number of ether oxygens (including phenoxy) is 3. The zero-order valence-corrected chi connectivity index (χ0v) is 12.9. The predicted octanol–water partition coefficient (Wildman–Crippen LogP) is 2.46. The minimum absolute atomic E-state index is 0.101. The van der Waals surface area contributed by atoms with Crippen molar-refractivity contribution in [2.24, 2.45) is 0 Å². The summed E-state index contributed by atoms with van der Waals surface area (Å²) in [5, 5.41) is 3.44. The van der Waals surface area contributed by atoms with E-state index in [0.717, 1.165) is 17.7 Å². The number of benzene rings is 1. The van der Waals surface area contributed by atoms with Gasteiger partial charge in [0.2, 0.25) is 0 Å². The molecule has 1 N–H and O–H groups in total. The third-order valence-electron chi connectivity index (χ3n) is 3.54. The summed E-state index contributed by atoms with van der Waals surface area (Å²) in [5.74, 6) is 0. The van der Waals surface area contributed by atoms with Gasteiger partial charge >= 0.3 is 0 Å². The van der Waals surface area contributed by atoms with Crippen molar-refractivity contribution >= 4 is 0 Å². The Morgan fingerprint density at radius 2 is 2.14 bits per heavy atom. The van der Waals surface area contributed by atoms with Crippen molar-refractivity contribution in [1.82, 2.24) is 5.32 Å². The van der Waals surface area contributed by atoms with Crippen LogP contribution in [0.25, 0.3) is 0 Å². The molecular weight excluding hydrogens is 266 g/mol. The van der Waals surface area contributed by atoms with Crippen LogP contribution in [0, 0.1) is 0 Å². The van der Waals surface area contributed by atoms with Crippen molar-refractivity contribution in [2.45, 2.75) is 25.7 Å². The van der Waals surface area contributed by atoms with E-state index in [-0.39, 0.29) is 6.10 Å². The third-order valence-corrected chi connectivity index (χ3v) is 3.54. The largest absolute Gasteiger partial charge is 0.375 e. The van der Waals surface area contributed by atoms with E-state index in [1.807, 2.05) is 32.0 Å². The quantitative estimate of drug-likeness (QED) is 0.590. The maximum absolute atomic E-state index is 5.99. The van der Waals surface area contributed by atoms with Crippen LogP contribution < -0.4 is 5.32 Å². The van der Waals surface area contributed by atoms with Crippen LogP contribution in [-0.4, -0.2) is 39.1 Å². The number of hydrogen-bond acceptors (Lipinski definition) is 4. The molecule has 0 aliphatic carbocycles. The summed E-state index contributed by atoms with van der Waals surface area (Å²) in [6.07, 6.45) is -0.101. The second kappa shape index (κ2) is 7.71. The lowest BCUT2D eigenvalue weighted by Crippen LogP contribution is -2.49. The Kier molecular flexibility index (Phi) is 5.94. The Bertz CT molecular complexity index is 441. The highest BCUT2D eigenvalue weighted by Crippen LogP contribution is 2.31. The molecule has 116 valence electrons. The minimum Gasteiger partial charge on any atom is -0.375 e. The summed E-state index contributed by atoms with van der Waals surface area (Å²) >= 11 is 0. The predicted molar refractivity (Wildman–Crippen MR) is 83.1 cm³/mol. The van der Waals surface area contributed by atoms with E-state index in [2.05, 4.69) is 24.0 Å². The van der Waals surface area contributed by atoms with Gasteiger partial charge in [0, 0.05) is 12.1 Å². The summed E-state index contributed by atoms with van der Waals surface area (Å²) in [5.41, 5.74) is 1.55. The van der Waals surface area contributed by atoms with Gasteiger partial charge in [-0.15, -0.1) is 0 Å². The van der Waals surface area contributed by atoms with Crippen LogP contribution in [0.1, 0.15) is 19.4 Å². The van der Waals surface area contributed by atoms with Crippen LogP contribution in [0.2, 0.25) is 0 Å². The average Bonchev–Trinajstić information content (AvgIpc) is 2.98. The van der Waals surface area contributed by atoms with Crippen molar-refractivity contribution in [3.05, 3.63) is 48.0 Å². The van der Waals surface area contributed by atoms with E-state index >= 15 is 0 Å². The van der Waals surface area contributed by atoms with Gasteiger partial charge in [0.05, 0.1) is 26.4 Å². The zero-order valence-electron chi connectivity index (χ0n) is 12.9. The summed E-state index contributed by atoms with van der Waals surface area (Å²) in [4.78, 5) is 0. The summed E-state index contributed by atoms with van der Waals surface area (Å²) in [7, 11) is 0. The van der Waals surface area contributed by atoms with Gasteiger partial charge in [-0.05, 0) is 13.8 Å². The van der Waals surface area contributed by atoms with Crippen LogP contribution in [0.4, 0.5) is 0 Å². The fourth-order valence-corrected chi connectivity index (χ4v) is 2.51. The molecule has 1 heterocycles. The molecule has 0 amide bonds. The van der Waals surface area contributed by atoms with Gasteiger partial charge in [-0.1, -0.05) is 42.5 Å². The van der Waals surface area contributed by atoms with E-state index in [1.54, 1.807) is 0 Å². The van der Waals surface area contributed by atoms with Crippen LogP contribution in [0.5, 0.6) is 0 Å². The fourth-order valence-electron chi connectivity index (χ4n) is 2.51. The second-order valence-electron chi connectivity index (χ2n) is 5.40. The standard InChI is InChI=1S/C17H25NO3/c1-14(2)13-19-11-12-20-15(3)17(18-9-10-21-17)16-7-5-4-6-8-16/h4-8,15,18H,1,9-13H2,2-3H3. The van der Waals surface area contributed by atoms with E-state index in [1.165, 1.54) is 0 Å². The first-order chi connectivity index (χ1) is 10.1. The van der Waals surface area contributed by atoms with E-state index in [4.69, 9.17) is 14.2 Å². The lowest BCUT2D eigenvalue weighted by molar-refractivity contribution is -0.134. The van der Waals surface area contributed by atoms with E-state index in [9.17, 15) is 0 Å². The van der Waals surface area contributed by atoms with Crippen LogP contribution in [0.3, 0.4) is 0 Å². The highest BCUT2D eigenvalue weighted by molar-refractivity contribution is 5.24. The zero-order chi connectivity index (χ0) is 15.1. The fraction of sp³-hybridized carbons (Fsp3) is 0.529. The van der Waals surface area contributed by atoms with E-state index < -0.39 is 5.72 Å². The first kappa shape index (κ1) is 16.2. The topological polar surface area (TPSA) is 39.7 Å². The molecule has 4 heteroatoms. The van der Waals surface area contributed by atoms with Gasteiger partial charge in [-0.2, -0.15) is 0 Å². The molecule has 21 heavy (non-hydrogen) atoms. The van der Waals surface area contributed by atoms with Crippen molar-refractivity contribution in [3.8, 4) is 0 Å². The van der Waals surface area contributed by atoms with Crippen LogP contribution >= 0.6 is 0 Å². The maximum atomic E-state index is 5.99. The molecule has 1 saturated heterocycles. The molecule has 1 aromatic carbocycles. The molecule has 1 fully saturated rings. The molecule has 0 bridgehead atoms. The number of rotatable bonds is 8. The van der Waals surface area contributed by atoms with Crippen molar-refractivity contribution in [3.63, 3.8) is 0 Å². The van der Waals surface area contributed by atoms with Gasteiger partial charge in [-0.3, -0.25) is 5.32 Å². The van der Waals surface area contributed by atoms with E-state index in [0.29, 0.717) is 26.4 Å². The lowest BCUT2D eigenvalue weighted by atomic mass is 9.98. The van der Waals surface area contributed by atoms with Gasteiger partial charge in [0.25, 0.3) is 0 Å². The SMILES string of the molecule is C=C(C)COCCOC(C)C1(c2ccccc2)NCCO1. The summed E-state index contributed by atoms with van der Waals surface area (Å²) in [6, 6.07) is 10.2. The smallest absolute Gasteiger partial charge is 0.171 e. The highest BCUT2D eigenvalue weighted by Gasteiger charge is 2.42. The lowest BCUT2D eigenvalue weighted by Gasteiger charge is -2.35. The Hall–Kier alpha value is -1.20. The molecule has 1 aromatic rings. The minimum atomic E-state index is -0.560. The molecule has 2 rings (SSSR count). The van der Waals surface area contributed by atoms with Crippen molar-refractivity contribution < 1.29 is 14.2 Å². The van der Waals surface area contributed by atoms with Gasteiger partial charge in [-0.25, -0.2) is 0 Å². The average molecular weight is 291 g/mol. The molecule has 0 saturated carbocycles. The first-order valence-corrected chi connectivity index (χ1v) is 7.43. The molecule has 0 aromatic heterocycles. The van der Waals surface area contributed by atoms with Crippen LogP contribution in [0.15, 0.2) is 42.5 Å². The molecule has 4 nitrogen and oxygen atoms in total. The maximum Gasteiger partial charge on any atom is 0.171 e. The number of hydrogen-bond donors (Lipinski definition) is 1. The molecule has 2 unspecified atom stereocenters. The Morgan fingerprint density at radius 3 is 2.76 bits per heavy atom. The van der Waals surface area contributed by atoms with Gasteiger partial charge < -0.3 is 14.2 Å². The Morgan fingerprint density at radius 1 is 1.38 bits per heavy atom. The van der Waals surface area contributed by atoms with Gasteiger partial charge in [0.1, 0.15) is 6.10 Å². The Balaban J connectivity index is 1.91. The molecular formula is C17H25NO3. The third kappa shape index (κ3) is 4.14. The molecule has 0 radical (unpaired) electrons. The second-order valence-corrected chi connectivity index (χ2v) is 5.40. The van der Waals surface area contributed by atoms with Crippen molar-refractivity contribution in [2.75, 3.05) is 33.0 Å². The Labute approximate surface area is 127 Å². The summed E-state index contributed by atoms with van der Waals surface area (Å²) in [6.45, 7) is 11.0. The molecule has 2 atom stereocenters. The first-order valence-electron chi connectivity index (χ1n) is 7.43. The van der Waals surface area contributed by atoms with Crippen LogP contribution in [-0.2, 0) is 19.9 Å².